The molecule has 9 heteroatoms. The molecule has 0 unspecified atom stereocenters. The van der Waals surface area contributed by atoms with Gasteiger partial charge in [0.2, 0.25) is 0 Å². The molecule has 0 bridgehead atoms. The molecule has 8 nitrogen and oxygen atoms in total. The monoisotopic (exact) mass is 486 g/mol. The van der Waals surface area contributed by atoms with Crippen LogP contribution in [-0.2, 0) is 11.3 Å². The SMILES string of the molecule is CC(C)c1noc(N2CCC([C@H]3C[C@H]3COCc3ccc(C(=O)CN4CC(O)C4)c(F)c3)CC2)n1. The molecule has 5 rings (SSSR count). The minimum Gasteiger partial charge on any atom is -0.390 e. The Kier molecular flexibility index (Phi) is 7.18. The van der Waals surface area contributed by atoms with E-state index in [0.717, 1.165) is 37.3 Å². The van der Waals surface area contributed by atoms with Crippen molar-refractivity contribution in [2.75, 3.05) is 44.2 Å². The predicted molar refractivity (Wildman–Crippen MR) is 128 cm³/mol. The summed E-state index contributed by atoms with van der Waals surface area (Å²) in [6.45, 7) is 8.12. The third-order valence-corrected chi connectivity index (χ3v) is 7.58. The number of β-amino-alcohol motifs (C(OH)–C–C–N with tert-alkyl or cyclic N) is 1. The van der Waals surface area contributed by atoms with Crippen molar-refractivity contribution in [3.63, 3.8) is 0 Å². The predicted octanol–water partition coefficient (Wildman–Crippen LogP) is 3.26. The van der Waals surface area contributed by atoms with Crippen LogP contribution in [0.3, 0.4) is 0 Å². The number of ketones is 1. The molecule has 0 radical (unpaired) electrons. The fourth-order valence-corrected chi connectivity index (χ4v) is 5.31. The number of rotatable bonds is 10. The average molecular weight is 487 g/mol. The van der Waals surface area contributed by atoms with Gasteiger partial charge in [-0.15, -0.1) is 0 Å². The Bertz CT molecular complexity index is 1030. The molecule has 35 heavy (non-hydrogen) atoms. The fourth-order valence-electron chi connectivity index (χ4n) is 5.31. The van der Waals surface area contributed by atoms with Crippen LogP contribution < -0.4 is 4.90 Å². The highest BCUT2D eigenvalue weighted by Gasteiger charge is 2.44. The van der Waals surface area contributed by atoms with Gasteiger partial charge in [0.1, 0.15) is 5.82 Å². The molecule has 2 aromatic rings. The summed E-state index contributed by atoms with van der Waals surface area (Å²) in [6.07, 6.45) is 3.06. The van der Waals surface area contributed by atoms with Crippen molar-refractivity contribution in [2.45, 2.75) is 51.7 Å². The van der Waals surface area contributed by atoms with E-state index in [1.54, 1.807) is 12.1 Å². The summed E-state index contributed by atoms with van der Waals surface area (Å²) in [5, 5.41) is 13.4. The van der Waals surface area contributed by atoms with Gasteiger partial charge < -0.3 is 19.3 Å². The number of hydrogen-bond acceptors (Lipinski definition) is 8. The molecule has 3 fully saturated rings. The van der Waals surface area contributed by atoms with Crippen LogP contribution in [0, 0.1) is 23.6 Å². The summed E-state index contributed by atoms with van der Waals surface area (Å²) in [5.74, 6) is 2.23. The third kappa shape index (κ3) is 5.73. The maximum Gasteiger partial charge on any atom is 0.324 e. The number of aromatic nitrogens is 2. The van der Waals surface area contributed by atoms with Gasteiger partial charge in [0.15, 0.2) is 11.6 Å². The largest absolute Gasteiger partial charge is 0.390 e. The maximum absolute atomic E-state index is 14.5. The molecule has 3 aliphatic rings. The van der Waals surface area contributed by atoms with E-state index in [4.69, 9.17) is 9.26 Å². The third-order valence-electron chi connectivity index (χ3n) is 7.58. The summed E-state index contributed by atoms with van der Waals surface area (Å²) in [6, 6.07) is 5.36. The number of Topliss-reactive ketones (excluding diaryl/α,β-unsaturated/α-hetero) is 1. The lowest BCUT2D eigenvalue weighted by molar-refractivity contribution is 0.00508. The van der Waals surface area contributed by atoms with Crippen molar-refractivity contribution in [3.05, 3.63) is 41.0 Å². The topological polar surface area (TPSA) is 91.9 Å². The zero-order chi connectivity index (χ0) is 24.5. The van der Waals surface area contributed by atoms with Crippen LogP contribution in [0.1, 0.15) is 60.8 Å². The zero-order valence-electron chi connectivity index (χ0n) is 20.5. The molecule has 1 N–H and O–H groups in total. The highest BCUT2D eigenvalue weighted by molar-refractivity contribution is 5.98. The van der Waals surface area contributed by atoms with E-state index in [-0.39, 0.29) is 29.9 Å². The van der Waals surface area contributed by atoms with Gasteiger partial charge in [-0.25, -0.2) is 4.39 Å². The average Bonchev–Trinajstić information content (AvgIpc) is 3.40. The Hall–Kier alpha value is -2.36. The number of carbonyl (C=O) groups excluding carboxylic acids is 1. The van der Waals surface area contributed by atoms with E-state index >= 15 is 0 Å². The normalized spacial score (nSPS) is 23.6. The van der Waals surface area contributed by atoms with E-state index in [1.165, 1.54) is 12.5 Å². The second kappa shape index (κ2) is 10.3. The van der Waals surface area contributed by atoms with E-state index in [0.29, 0.717) is 50.1 Å². The summed E-state index contributed by atoms with van der Waals surface area (Å²) in [5.41, 5.74) is 0.842. The van der Waals surface area contributed by atoms with Crippen LogP contribution in [-0.4, -0.2) is 71.4 Å². The number of aliphatic hydroxyl groups is 1. The zero-order valence-corrected chi connectivity index (χ0v) is 20.5. The van der Waals surface area contributed by atoms with Crippen LogP contribution in [0.25, 0.3) is 0 Å². The molecular formula is C26H35FN4O4. The number of halogens is 1. The van der Waals surface area contributed by atoms with E-state index in [2.05, 4.69) is 28.9 Å². The first-order valence-corrected chi connectivity index (χ1v) is 12.8. The van der Waals surface area contributed by atoms with Gasteiger partial charge in [-0.05, 0) is 54.7 Å². The second-order valence-corrected chi connectivity index (χ2v) is 10.7. The number of nitrogens with zero attached hydrogens (tertiary/aromatic N) is 4. The second-order valence-electron chi connectivity index (χ2n) is 10.7. The molecular weight excluding hydrogens is 451 g/mol. The highest BCUT2D eigenvalue weighted by atomic mass is 19.1. The van der Waals surface area contributed by atoms with Crippen molar-refractivity contribution in [1.82, 2.24) is 15.0 Å². The molecule has 0 spiro atoms. The molecule has 2 atom stereocenters. The Labute approximate surface area is 205 Å². The van der Waals surface area contributed by atoms with Gasteiger partial charge in [0.05, 0.1) is 31.4 Å². The quantitative estimate of drug-likeness (QED) is 0.512. The molecule has 0 amide bonds. The van der Waals surface area contributed by atoms with Gasteiger partial charge in [0.25, 0.3) is 0 Å². The minimum absolute atomic E-state index is 0.102. The van der Waals surface area contributed by atoms with Crippen LogP contribution in [0.5, 0.6) is 0 Å². The number of ether oxygens (including phenoxy) is 1. The maximum atomic E-state index is 14.5. The number of hydrogen-bond donors (Lipinski definition) is 1. The van der Waals surface area contributed by atoms with E-state index in [9.17, 15) is 14.3 Å². The molecule has 1 aromatic carbocycles. The van der Waals surface area contributed by atoms with E-state index in [1.807, 2.05) is 4.90 Å². The van der Waals surface area contributed by atoms with Gasteiger partial charge >= 0.3 is 6.01 Å². The van der Waals surface area contributed by atoms with Crippen LogP contribution in [0.15, 0.2) is 22.7 Å². The van der Waals surface area contributed by atoms with Crippen molar-refractivity contribution in [3.8, 4) is 0 Å². The molecule has 1 saturated carbocycles. The Morgan fingerprint density at radius 2 is 2.06 bits per heavy atom. The van der Waals surface area contributed by atoms with Gasteiger partial charge in [0, 0.05) is 32.1 Å². The molecule has 1 aromatic heterocycles. The van der Waals surface area contributed by atoms with Crippen molar-refractivity contribution in [2.24, 2.45) is 17.8 Å². The number of benzene rings is 1. The fraction of sp³-hybridized carbons (Fsp3) is 0.654. The molecule has 190 valence electrons. The minimum atomic E-state index is -0.505. The first kappa shape index (κ1) is 24.3. The number of piperidine rings is 1. The smallest absolute Gasteiger partial charge is 0.324 e. The van der Waals surface area contributed by atoms with Gasteiger partial charge in [-0.3, -0.25) is 9.69 Å². The van der Waals surface area contributed by atoms with Crippen molar-refractivity contribution in [1.29, 1.82) is 0 Å². The van der Waals surface area contributed by atoms with Crippen molar-refractivity contribution >= 4 is 11.8 Å². The number of anilines is 1. The van der Waals surface area contributed by atoms with Crippen molar-refractivity contribution < 1.29 is 23.6 Å². The molecule has 2 saturated heterocycles. The van der Waals surface area contributed by atoms with Gasteiger partial charge in [-0.1, -0.05) is 25.1 Å². The lowest BCUT2D eigenvalue weighted by Gasteiger charge is -2.35. The highest BCUT2D eigenvalue weighted by Crippen LogP contribution is 2.48. The molecule has 2 aliphatic heterocycles. The molecule has 1 aliphatic carbocycles. The number of carbonyl (C=O) groups is 1. The van der Waals surface area contributed by atoms with E-state index < -0.39 is 5.82 Å². The molecule has 3 heterocycles. The summed E-state index contributed by atoms with van der Waals surface area (Å²) < 4.78 is 25.8. The summed E-state index contributed by atoms with van der Waals surface area (Å²) >= 11 is 0. The number of aliphatic hydroxyl groups excluding tert-OH is 1. The van der Waals surface area contributed by atoms with Crippen LogP contribution in [0.2, 0.25) is 0 Å². The number of likely N-dealkylation sites (tertiary alicyclic amines) is 1. The Morgan fingerprint density at radius 3 is 2.71 bits per heavy atom. The van der Waals surface area contributed by atoms with Crippen LogP contribution >= 0.6 is 0 Å². The summed E-state index contributed by atoms with van der Waals surface area (Å²) in [4.78, 5) is 20.8. The summed E-state index contributed by atoms with van der Waals surface area (Å²) in [7, 11) is 0. The lowest BCUT2D eigenvalue weighted by Crippen LogP contribution is -2.52. The standard InChI is InChI=1S/C26H35FN4O4/c1-16(2)25-28-26(35-29-25)31-7-5-18(6-8-31)22-10-19(22)15-34-14-17-3-4-21(23(27)9-17)24(33)13-30-11-20(32)12-30/h3-4,9,16,18-20,22,32H,5-8,10-15H2,1-2H3/t19-,22+/m0/s1. The first-order valence-electron chi connectivity index (χ1n) is 12.8. The first-order chi connectivity index (χ1) is 16.9. The Morgan fingerprint density at radius 1 is 1.29 bits per heavy atom. The van der Waals surface area contributed by atoms with Gasteiger partial charge in [-0.2, -0.15) is 4.98 Å². The Balaban J connectivity index is 1.02. The lowest BCUT2D eigenvalue weighted by atomic mass is 9.91. The van der Waals surface area contributed by atoms with Crippen LogP contribution in [0.4, 0.5) is 10.4 Å².